The van der Waals surface area contributed by atoms with Gasteiger partial charge in [-0.3, -0.25) is 9.59 Å². The van der Waals surface area contributed by atoms with Crippen LogP contribution < -0.4 is 0 Å². The Kier molecular flexibility index (Phi) is 30.5. The van der Waals surface area contributed by atoms with Crippen molar-refractivity contribution < 1.29 is 24.5 Å². The van der Waals surface area contributed by atoms with E-state index in [9.17, 15) is 14.7 Å². The zero-order valence-electron chi connectivity index (χ0n) is 27.2. The number of hydrogen-bond acceptors (Lipinski definition) is 4. The topological polar surface area (TPSA) is 83.8 Å². The first-order chi connectivity index (χ1) is 20.0. The molecule has 0 aliphatic heterocycles. The Hall–Kier alpha value is -1.36. The molecule has 5 nitrogen and oxygen atoms in total. The molecule has 41 heavy (non-hydrogen) atoms. The zero-order chi connectivity index (χ0) is 30.2. The summed E-state index contributed by atoms with van der Waals surface area (Å²) < 4.78 is 5.89. The molecule has 0 aromatic heterocycles. The number of allylic oxidation sites excluding steroid dienone is 1. The van der Waals surface area contributed by atoms with Crippen LogP contribution in [0, 0.1) is 0 Å². The third kappa shape index (κ3) is 31.4. The number of carbonyl (C=O) groups excluding carboxylic acids is 1. The van der Waals surface area contributed by atoms with Crippen molar-refractivity contribution >= 4 is 11.9 Å². The minimum absolute atomic E-state index is 0.00137. The van der Waals surface area contributed by atoms with Gasteiger partial charge >= 0.3 is 11.9 Å². The second kappa shape index (κ2) is 31.6. The molecule has 2 N–H and O–H groups in total. The highest BCUT2D eigenvalue weighted by Crippen LogP contribution is 2.17. The van der Waals surface area contributed by atoms with E-state index < -0.39 is 5.97 Å². The van der Waals surface area contributed by atoms with Crippen LogP contribution in [0.1, 0.15) is 194 Å². The molecule has 0 saturated heterocycles. The molecular formula is C36H68O5. The van der Waals surface area contributed by atoms with Crippen molar-refractivity contribution in [2.75, 3.05) is 0 Å². The molecule has 2 atom stereocenters. The Morgan fingerprint density at radius 1 is 0.585 bits per heavy atom. The van der Waals surface area contributed by atoms with Crippen LogP contribution in [0.4, 0.5) is 0 Å². The van der Waals surface area contributed by atoms with Crippen molar-refractivity contribution in [3.05, 3.63) is 12.2 Å². The summed E-state index contributed by atoms with van der Waals surface area (Å²) in [7, 11) is 0. The predicted molar refractivity (Wildman–Crippen MR) is 173 cm³/mol. The lowest BCUT2D eigenvalue weighted by molar-refractivity contribution is -0.149. The number of aliphatic carboxylic acids is 1. The minimum atomic E-state index is -0.698. The quantitative estimate of drug-likeness (QED) is 0.0469. The fourth-order valence-corrected chi connectivity index (χ4v) is 5.36. The Bertz CT molecular complexity index is 603. The lowest BCUT2D eigenvalue weighted by Gasteiger charge is -2.16. The molecule has 0 aromatic carbocycles. The molecular weight excluding hydrogens is 512 g/mol. The molecule has 0 amide bonds. The van der Waals surface area contributed by atoms with Gasteiger partial charge in [0.15, 0.2) is 0 Å². The number of hydrogen-bond donors (Lipinski definition) is 2. The van der Waals surface area contributed by atoms with Gasteiger partial charge in [-0.15, -0.1) is 0 Å². The van der Waals surface area contributed by atoms with Crippen molar-refractivity contribution in [1.82, 2.24) is 0 Å². The van der Waals surface area contributed by atoms with E-state index in [1.165, 1.54) is 77.0 Å². The van der Waals surface area contributed by atoms with Gasteiger partial charge in [-0.2, -0.15) is 0 Å². The number of carboxylic acid groups (broad SMARTS) is 1. The third-order valence-electron chi connectivity index (χ3n) is 8.06. The van der Waals surface area contributed by atoms with Gasteiger partial charge in [0.2, 0.25) is 0 Å². The van der Waals surface area contributed by atoms with E-state index in [0.29, 0.717) is 6.42 Å². The first-order valence-electron chi connectivity index (χ1n) is 17.7. The number of carbonyl (C=O) groups is 2. The summed E-state index contributed by atoms with van der Waals surface area (Å²) in [6.07, 6.45) is 34.1. The van der Waals surface area contributed by atoms with E-state index in [4.69, 9.17) is 9.84 Å². The fraction of sp³-hybridized carbons (Fsp3) is 0.889. The van der Waals surface area contributed by atoms with Crippen molar-refractivity contribution in [3.8, 4) is 0 Å². The molecule has 0 spiro atoms. The van der Waals surface area contributed by atoms with Gasteiger partial charge in [0, 0.05) is 19.3 Å². The Morgan fingerprint density at radius 3 is 1.61 bits per heavy atom. The maximum atomic E-state index is 12.5. The maximum Gasteiger partial charge on any atom is 0.306 e. The Balaban J connectivity index is 3.90. The number of carboxylic acids is 1. The first kappa shape index (κ1) is 39.6. The van der Waals surface area contributed by atoms with Gasteiger partial charge in [0.1, 0.15) is 6.10 Å². The van der Waals surface area contributed by atoms with Crippen LogP contribution in [0.5, 0.6) is 0 Å². The molecule has 1 unspecified atom stereocenters. The molecule has 0 rings (SSSR count). The monoisotopic (exact) mass is 581 g/mol. The average molecular weight is 581 g/mol. The van der Waals surface area contributed by atoms with Crippen molar-refractivity contribution in [3.63, 3.8) is 0 Å². The summed E-state index contributed by atoms with van der Waals surface area (Å²) in [5.74, 6) is -0.732. The number of unbranched alkanes of at least 4 members (excludes halogenated alkanes) is 18. The third-order valence-corrected chi connectivity index (χ3v) is 8.06. The van der Waals surface area contributed by atoms with E-state index in [0.717, 1.165) is 89.9 Å². The second-order valence-electron chi connectivity index (χ2n) is 12.2. The van der Waals surface area contributed by atoms with Crippen LogP contribution in [0.25, 0.3) is 0 Å². The summed E-state index contributed by atoms with van der Waals surface area (Å²) >= 11 is 0. The van der Waals surface area contributed by atoms with E-state index in [2.05, 4.69) is 26.0 Å². The average Bonchev–Trinajstić information content (AvgIpc) is 2.95. The Labute approximate surface area is 254 Å². The van der Waals surface area contributed by atoms with Gasteiger partial charge in [-0.1, -0.05) is 135 Å². The highest BCUT2D eigenvalue weighted by atomic mass is 16.5. The van der Waals surface area contributed by atoms with E-state index in [1.807, 2.05) is 0 Å². The first-order valence-corrected chi connectivity index (χ1v) is 17.7. The molecule has 0 heterocycles. The number of ether oxygens (including phenoxy) is 1. The van der Waals surface area contributed by atoms with E-state index in [-0.39, 0.29) is 24.6 Å². The molecule has 0 radical (unpaired) electrons. The normalized spacial score (nSPS) is 13.0. The number of aliphatic hydroxyl groups excluding tert-OH is 1. The molecule has 5 heteroatoms. The highest BCUT2D eigenvalue weighted by molar-refractivity contribution is 5.69. The molecule has 242 valence electrons. The zero-order valence-corrected chi connectivity index (χ0v) is 27.2. The van der Waals surface area contributed by atoms with Gasteiger partial charge in [0.25, 0.3) is 0 Å². The van der Waals surface area contributed by atoms with Crippen LogP contribution in [0.3, 0.4) is 0 Å². The van der Waals surface area contributed by atoms with Crippen molar-refractivity contribution in [1.29, 1.82) is 0 Å². The number of esters is 1. The van der Waals surface area contributed by atoms with Crippen LogP contribution in [0.2, 0.25) is 0 Å². The fourth-order valence-electron chi connectivity index (χ4n) is 5.36. The standard InChI is InChI=1S/C36H68O5/c1-3-5-7-21-27-33(37)28-22-17-13-9-12-16-20-26-32-36(40)41-34(29-23-8-6-4-2)30-24-18-14-10-11-15-19-25-31-35(38)39/h18,24,33-34,37H,3-17,19-23,25-32H2,1-2H3,(H,38,39)/b24-18-/t33?,34-/m1/s1. The van der Waals surface area contributed by atoms with E-state index >= 15 is 0 Å². The summed E-state index contributed by atoms with van der Waals surface area (Å²) in [6, 6.07) is 0. The molecule has 0 aromatic rings. The summed E-state index contributed by atoms with van der Waals surface area (Å²) in [4.78, 5) is 23.1. The van der Waals surface area contributed by atoms with Crippen LogP contribution >= 0.6 is 0 Å². The largest absolute Gasteiger partial charge is 0.481 e. The molecule has 0 aliphatic rings. The maximum absolute atomic E-state index is 12.5. The van der Waals surface area contributed by atoms with Crippen LogP contribution in [-0.2, 0) is 14.3 Å². The smallest absolute Gasteiger partial charge is 0.306 e. The van der Waals surface area contributed by atoms with Gasteiger partial charge in [0.05, 0.1) is 6.10 Å². The highest BCUT2D eigenvalue weighted by Gasteiger charge is 2.13. The molecule has 0 fully saturated rings. The molecule has 0 saturated carbocycles. The van der Waals surface area contributed by atoms with Gasteiger partial charge in [-0.05, 0) is 51.4 Å². The van der Waals surface area contributed by atoms with Gasteiger partial charge in [-0.25, -0.2) is 0 Å². The lowest BCUT2D eigenvalue weighted by Crippen LogP contribution is -2.17. The van der Waals surface area contributed by atoms with Gasteiger partial charge < -0.3 is 14.9 Å². The summed E-state index contributed by atoms with van der Waals surface area (Å²) in [5.41, 5.74) is 0. The summed E-state index contributed by atoms with van der Waals surface area (Å²) in [5, 5.41) is 18.8. The van der Waals surface area contributed by atoms with Crippen LogP contribution in [0.15, 0.2) is 12.2 Å². The summed E-state index contributed by atoms with van der Waals surface area (Å²) in [6.45, 7) is 4.44. The lowest BCUT2D eigenvalue weighted by atomic mass is 10.0. The SMILES string of the molecule is CCCCCCC(O)CCCCCCCCCCC(=O)O[C@@H](C/C=C\CCCCCCCC(=O)O)CCCCCC. The molecule has 0 bridgehead atoms. The minimum Gasteiger partial charge on any atom is -0.481 e. The number of rotatable bonds is 32. The van der Waals surface area contributed by atoms with Crippen LogP contribution in [-0.4, -0.2) is 34.4 Å². The Morgan fingerprint density at radius 2 is 1.05 bits per heavy atom. The van der Waals surface area contributed by atoms with Crippen molar-refractivity contribution in [2.45, 2.75) is 206 Å². The number of aliphatic hydroxyl groups is 1. The second-order valence-corrected chi connectivity index (χ2v) is 12.2. The van der Waals surface area contributed by atoms with Crippen molar-refractivity contribution in [2.24, 2.45) is 0 Å². The predicted octanol–water partition coefficient (Wildman–Crippen LogP) is 10.9. The molecule has 0 aliphatic carbocycles. The van der Waals surface area contributed by atoms with E-state index in [1.54, 1.807) is 0 Å².